The summed E-state index contributed by atoms with van der Waals surface area (Å²) in [7, 11) is 0. The van der Waals surface area contributed by atoms with Crippen LogP contribution in [0.1, 0.15) is 60.3 Å². The molecule has 0 aromatic rings. The molecule has 0 aliphatic heterocycles. The van der Waals surface area contributed by atoms with Crippen LogP contribution in [0.15, 0.2) is 0 Å². The Morgan fingerprint density at radius 1 is 0.864 bits per heavy atom. The lowest BCUT2D eigenvalue weighted by atomic mass is 9.89. The van der Waals surface area contributed by atoms with Crippen molar-refractivity contribution in [3.05, 3.63) is 0 Å². The highest BCUT2D eigenvalue weighted by Gasteiger charge is 2.30. The van der Waals surface area contributed by atoms with E-state index in [0.29, 0.717) is 13.2 Å². The van der Waals surface area contributed by atoms with Crippen LogP contribution in [0, 0.1) is 5.41 Å². The fourth-order valence-corrected chi connectivity index (χ4v) is 1.40. The van der Waals surface area contributed by atoms with E-state index in [-0.39, 0.29) is 12.0 Å². The van der Waals surface area contributed by atoms with Crippen molar-refractivity contribution in [2.75, 3.05) is 19.8 Å². The van der Waals surface area contributed by atoms with E-state index in [0.717, 1.165) is 25.7 Å². The third-order valence-electron chi connectivity index (χ3n) is 2.99. The molecule has 0 bridgehead atoms. The van der Waals surface area contributed by atoms with Crippen LogP contribution < -0.4 is 0 Å². The predicted octanol–water partition coefficient (Wildman–Crippen LogP) is 4.31. The first-order valence-corrected chi connectivity index (χ1v) is 7.94. The summed E-state index contributed by atoms with van der Waals surface area (Å²) in [4.78, 5) is 23.0. The van der Waals surface area contributed by atoms with Crippen molar-refractivity contribution in [2.45, 2.75) is 66.4 Å². The van der Waals surface area contributed by atoms with E-state index in [9.17, 15) is 9.59 Å². The first kappa shape index (κ1) is 20.5. The molecule has 22 heavy (non-hydrogen) atoms. The van der Waals surface area contributed by atoms with Crippen molar-refractivity contribution in [2.24, 2.45) is 5.41 Å². The molecule has 1 unspecified atom stereocenters. The Labute approximate surface area is 133 Å². The van der Waals surface area contributed by atoms with Gasteiger partial charge in [0, 0.05) is 5.41 Å². The maximum absolute atomic E-state index is 11.6. The average molecular weight is 318 g/mol. The van der Waals surface area contributed by atoms with Gasteiger partial charge in [0.2, 0.25) is 0 Å². The van der Waals surface area contributed by atoms with Crippen molar-refractivity contribution in [1.82, 2.24) is 0 Å². The molecule has 0 N–H and O–H groups in total. The van der Waals surface area contributed by atoms with E-state index in [1.54, 1.807) is 0 Å². The average Bonchev–Trinajstić information content (AvgIpc) is 2.42. The topological polar surface area (TPSA) is 71.1 Å². The van der Waals surface area contributed by atoms with Gasteiger partial charge in [-0.15, -0.1) is 0 Å². The summed E-state index contributed by atoms with van der Waals surface area (Å²) in [6.45, 7) is 10.3. The van der Waals surface area contributed by atoms with Gasteiger partial charge in [0.1, 0.15) is 12.7 Å². The largest absolute Gasteiger partial charge is 0.508 e. The number of hydrogen-bond donors (Lipinski definition) is 0. The lowest BCUT2D eigenvalue weighted by Gasteiger charge is -2.29. The van der Waals surface area contributed by atoms with Crippen molar-refractivity contribution in [3.8, 4) is 0 Å². The second-order valence-electron chi connectivity index (χ2n) is 6.19. The first-order valence-electron chi connectivity index (χ1n) is 7.94. The molecular formula is C16H30O6. The Hall–Kier alpha value is -1.46. The molecule has 0 heterocycles. The highest BCUT2D eigenvalue weighted by atomic mass is 16.8. The minimum absolute atomic E-state index is 0.0582. The number of ether oxygens (including phenoxy) is 4. The van der Waals surface area contributed by atoms with Gasteiger partial charge < -0.3 is 18.9 Å². The summed E-state index contributed by atoms with van der Waals surface area (Å²) >= 11 is 0. The van der Waals surface area contributed by atoms with Gasteiger partial charge in [0.15, 0.2) is 0 Å². The molecule has 0 aromatic heterocycles. The molecule has 0 spiro atoms. The van der Waals surface area contributed by atoms with Gasteiger partial charge in [0.05, 0.1) is 13.2 Å². The van der Waals surface area contributed by atoms with Gasteiger partial charge in [-0.25, -0.2) is 9.59 Å². The molecular weight excluding hydrogens is 288 g/mol. The van der Waals surface area contributed by atoms with Crippen LogP contribution in [0.4, 0.5) is 9.59 Å². The third-order valence-corrected chi connectivity index (χ3v) is 2.99. The van der Waals surface area contributed by atoms with Gasteiger partial charge in [-0.05, 0) is 12.8 Å². The van der Waals surface area contributed by atoms with E-state index in [4.69, 9.17) is 18.9 Å². The Morgan fingerprint density at radius 2 is 1.36 bits per heavy atom. The molecule has 0 fully saturated rings. The Kier molecular flexibility index (Phi) is 10.4. The first-order chi connectivity index (χ1) is 10.3. The molecule has 130 valence electrons. The van der Waals surface area contributed by atoms with Crippen LogP contribution in [-0.4, -0.2) is 38.2 Å². The number of carbonyl (C=O) groups is 2. The van der Waals surface area contributed by atoms with Crippen LogP contribution in [0.2, 0.25) is 0 Å². The minimum atomic E-state index is -0.745. The molecule has 1 atom stereocenters. The smallest absolute Gasteiger partial charge is 0.434 e. The molecule has 0 aliphatic rings. The Balaban J connectivity index is 4.24. The van der Waals surface area contributed by atoms with E-state index in [1.807, 2.05) is 34.6 Å². The quantitative estimate of drug-likeness (QED) is 0.466. The fourth-order valence-electron chi connectivity index (χ4n) is 1.40. The van der Waals surface area contributed by atoms with Gasteiger partial charge in [-0.1, -0.05) is 47.5 Å². The van der Waals surface area contributed by atoms with E-state index < -0.39 is 18.4 Å². The molecule has 6 nitrogen and oxygen atoms in total. The zero-order chi connectivity index (χ0) is 17.0. The maximum atomic E-state index is 11.6. The van der Waals surface area contributed by atoms with Gasteiger partial charge in [-0.2, -0.15) is 0 Å². The molecule has 0 aromatic carbocycles. The van der Waals surface area contributed by atoms with E-state index in [2.05, 4.69) is 0 Å². The van der Waals surface area contributed by atoms with Gasteiger partial charge in [0.25, 0.3) is 0 Å². The standard InChI is InChI=1S/C16H30O6/c1-6-8-10-19-14(17)21-12-13(16(3,4)5)22-15(18)20-11-9-7-2/h13H,6-12H2,1-5H3. The summed E-state index contributed by atoms with van der Waals surface area (Å²) < 4.78 is 20.1. The second-order valence-corrected chi connectivity index (χ2v) is 6.19. The normalized spacial score (nSPS) is 12.4. The predicted molar refractivity (Wildman–Crippen MR) is 82.8 cm³/mol. The summed E-state index contributed by atoms with van der Waals surface area (Å²) in [5, 5.41) is 0. The summed E-state index contributed by atoms with van der Waals surface area (Å²) in [5.41, 5.74) is -0.381. The number of carbonyl (C=O) groups excluding carboxylic acids is 2. The third kappa shape index (κ3) is 10.3. The molecule has 0 rings (SSSR count). The highest BCUT2D eigenvalue weighted by molar-refractivity contribution is 5.61. The van der Waals surface area contributed by atoms with E-state index in [1.165, 1.54) is 0 Å². The van der Waals surface area contributed by atoms with Crippen LogP contribution in [-0.2, 0) is 18.9 Å². The number of unbranched alkanes of at least 4 members (excludes halogenated alkanes) is 2. The molecule has 0 saturated heterocycles. The molecule has 0 amide bonds. The molecule has 0 radical (unpaired) electrons. The maximum Gasteiger partial charge on any atom is 0.508 e. The van der Waals surface area contributed by atoms with E-state index >= 15 is 0 Å². The zero-order valence-electron chi connectivity index (χ0n) is 14.5. The molecule has 0 aliphatic carbocycles. The van der Waals surface area contributed by atoms with Crippen molar-refractivity contribution >= 4 is 12.3 Å². The van der Waals surface area contributed by atoms with Crippen molar-refractivity contribution in [1.29, 1.82) is 0 Å². The monoisotopic (exact) mass is 318 g/mol. The van der Waals surface area contributed by atoms with Crippen LogP contribution in [0.5, 0.6) is 0 Å². The second kappa shape index (κ2) is 11.2. The lowest BCUT2D eigenvalue weighted by molar-refractivity contribution is -0.0541. The summed E-state index contributed by atoms with van der Waals surface area (Å²) in [6, 6.07) is 0. The molecule has 0 saturated carbocycles. The Bertz CT molecular complexity index is 321. The van der Waals surface area contributed by atoms with Crippen LogP contribution in [0.25, 0.3) is 0 Å². The SMILES string of the molecule is CCCCOC(=O)OCC(OC(=O)OCCCC)C(C)(C)C. The minimum Gasteiger partial charge on any atom is -0.434 e. The molecule has 6 heteroatoms. The van der Waals surface area contributed by atoms with Gasteiger partial charge in [-0.3, -0.25) is 0 Å². The summed E-state index contributed by atoms with van der Waals surface area (Å²) in [6.07, 6.45) is 1.36. The number of hydrogen-bond acceptors (Lipinski definition) is 6. The fraction of sp³-hybridized carbons (Fsp3) is 0.875. The van der Waals surface area contributed by atoms with Crippen LogP contribution >= 0.6 is 0 Å². The summed E-state index contributed by atoms with van der Waals surface area (Å²) in [5.74, 6) is 0. The number of rotatable bonds is 9. The lowest BCUT2D eigenvalue weighted by Crippen LogP contribution is -2.37. The highest BCUT2D eigenvalue weighted by Crippen LogP contribution is 2.23. The zero-order valence-corrected chi connectivity index (χ0v) is 14.5. The van der Waals surface area contributed by atoms with Crippen molar-refractivity contribution < 1.29 is 28.5 Å². The van der Waals surface area contributed by atoms with Gasteiger partial charge >= 0.3 is 12.3 Å². The Morgan fingerprint density at radius 3 is 1.82 bits per heavy atom. The van der Waals surface area contributed by atoms with Crippen molar-refractivity contribution in [3.63, 3.8) is 0 Å². The van der Waals surface area contributed by atoms with Crippen LogP contribution in [0.3, 0.4) is 0 Å².